The number of aryl methyl sites for hydroxylation is 1. The third-order valence-electron chi connectivity index (χ3n) is 5.73. The highest BCUT2D eigenvalue weighted by atomic mass is 16.6. The highest BCUT2D eigenvalue weighted by Gasteiger charge is 2.42. The molecule has 0 radical (unpaired) electrons. The Morgan fingerprint density at radius 2 is 1.88 bits per heavy atom. The minimum atomic E-state index is -0.165. The third-order valence-corrected chi connectivity index (χ3v) is 5.73. The standard InChI is InChI=1S/C24H24N6O3/c1-29-15-25-13-20(29)19-5-3-2-4-18(19)12-27-33-14-21-26-11-10-22(28-21)30(23(31)16-6-7-16)24(32)17-8-9-17/h2-5,10-13,15-17H,6-9,14H2,1H3. The molecule has 0 unspecified atom stereocenters. The average Bonchev–Trinajstić information content (AvgIpc) is 3.75. The number of carbonyl (C=O) groups excluding carboxylic acids is 2. The van der Waals surface area contributed by atoms with E-state index >= 15 is 0 Å². The maximum atomic E-state index is 12.7. The maximum absolute atomic E-state index is 12.7. The first-order valence-corrected chi connectivity index (χ1v) is 11.0. The molecule has 2 aliphatic carbocycles. The van der Waals surface area contributed by atoms with Gasteiger partial charge in [-0.1, -0.05) is 29.4 Å². The Morgan fingerprint density at radius 3 is 2.55 bits per heavy atom. The summed E-state index contributed by atoms with van der Waals surface area (Å²) < 4.78 is 1.94. The van der Waals surface area contributed by atoms with Gasteiger partial charge in [0, 0.05) is 36.2 Å². The second-order valence-electron chi connectivity index (χ2n) is 8.38. The summed E-state index contributed by atoms with van der Waals surface area (Å²) in [6, 6.07) is 9.41. The Kier molecular flexibility index (Phi) is 5.68. The predicted octanol–water partition coefficient (Wildman–Crippen LogP) is 3.11. The van der Waals surface area contributed by atoms with Crippen LogP contribution >= 0.6 is 0 Å². The van der Waals surface area contributed by atoms with Crippen LogP contribution in [-0.2, 0) is 28.1 Å². The molecule has 5 rings (SSSR count). The fourth-order valence-electron chi connectivity index (χ4n) is 3.59. The lowest BCUT2D eigenvalue weighted by atomic mass is 10.1. The van der Waals surface area contributed by atoms with Gasteiger partial charge < -0.3 is 9.40 Å². The molecule has 0 bridgehead atoms. The van der Waals surface area contributed by atoms with Crippen molar-refractivity contribution >= 4 is 23.8 Å². The molecule has 9 nitrogen and oxygen atoms in total. The number of aromatic nitrogens is 4. The zero-order chi connectivity index (χ0) is 22.8. The molecule has 2 amide bonds. The van der Waals surface area contributed by atoms with E-state index < -0.39 is 0 Å². The van der Waals surface area contributed by atoms with E-state index in [2.05, 4.69) is 20.1 Å². The molecule has 9 heteroatoms. The second kappa shape index (κ2) is 8.93. The van der Waals surface area contributed by atoms with E-state index in [0.717, 1.165) is 42.5 Å². The molecule has 168 valence electrons. The normalized spacial score (nSPS) is 15.5. The molecule has 1 aromatic carbocycles. The highest BCUT2D eigenvalue weighted by molar-refractivity contribution is 6.16. The van der Waals surface area contributed by atoms with E-state index in [0.29, 0.717) is 11.6 Å². The Morgan fingerprint density at radius 1 is 1.15 bits per heavy atom. The smallest absolute Gasteiger partial charge is 0.238 e. The summed E-state index contributed by atoms with van der Waals surface area (Å²) >= 11 is 0. The minimum Gasteiger partial charge on any atom is -0.388 e. The zero-order valence-corrected chi connectivity index (χ0v) is 18.3. The van der Waals surface area contributed by atoms with Crippen molar-refractivity contribution in [1.29, 1.82) is 0 Å². The lowest BCUT2D eigenvalue weighted by Gasteiger charge is -2.20. The van der Waals surface area contributed by atoms with E-state index in [-0.39, 0.29) is 30.3 Å². The Balaban J connectivity index is 1.28. The van der Waals surface area contributed by atoms with Crippen molar-refractivity contribution in [3.8, 4) is 11.3 Å². The van der Waals surface area contributed by atoms with Crippen LogP contribution in [0.5, 0.6) is 0 Å². The molecule has 3 aromatic rings. The molecule has 0 atom stereocenters. The van der Waals surface area contributed by atoms with E-state index in [1.807, 2.05) is 35.9 Å². The molecule has 0 spiro atoms. The molecule has 0 aliphatic heterocycles. The van der Waals surface area contributed by atoms with Gasteiger partial charge in [-0.3, -0.25) is 9.59 Å². The molecule has 2 fully saturated rings. The van der Waals surface area contributed by atoms with Gasteiger partial charge in [-0.2, -0.15) is 0 Å². The van der Waals surface area contributed by atoms with Crippen LogP contribution in [0.2, 0.25) is 0 Å². The maximum Gasteiger partial charge on any atom is 0.238 e. The van der Waals surface area contributed by atoms with Crippen molar-refractivity contribution in [2.75, 3.05) is 4.90 Å². The van der Waals surface area contributed by atoms with Crippen molar-refractivity contribution in [1.82, 2.24) is 19.5 Å². The number of amides is 2. The molecular formula is C24H24N6O3. The topological polar surface area (TPSA) is 103 Å². The van der Waals surface area contributed by atoms with Gasteiger partial charge in [0.15, 0.2) is 12.4 Å². The molecule has 2 saturated carbocycles. The van der Waals surface area contributed by atoms with Crippen molar-refractivity contribution in [3.63, 3.8) is 0 Å². The van der Waals surface area contributed by atoms with Gasteiger partial charge in [-0.15, -0.1) is 0 Å². The van der Waals surface area contributed by atoms with Gasteiger partial charge in [0.25, 0.3) is 0 Å². The van der Waals surface area contributed by atoms with Crippen LogP contribution in [0.25, 0.3) is 11.3 Å². The zero-order valence-electron chi connectivity index (χ0n) is 18.3. The number of hydrogen-bond donors (Lipinski definition) is 0. The Bertz CT molecular complexity index is 1190. The lowest BCUT2D eigenvalue weighted by Crippen LogP contribution is -2.39. The first kappa shape index (κ1) is 21.0. The van der Waals surface area contributed by atoms with Gasteiger partial charge in [-0.25, -0.2) is 19.9 Å². The molecule has 2 aliphatic rings. The van der Waals surface area contributed by atoms with Gasteiger partial charge in [0.2, 0.25) is 11.8 Å². The van der Waals surface area contributed by atoms with Gasteiger partial charge >= 0.3 is 0 Å². The van der Waals surface area contributed by atoms with Crippen LogP contribution in [0.15, 0.2) is 54.2 Å². The second-order valence-corrected chi connectivity index (χ2v) is 8.38. The fourth-order valence-corrected chi connectivity index (χ4v) is 3.59. The summed E-state index contributed by atoms with van der Waals surface area (Å²) in [7, 11) is 1.93. The molecule has 0 N–H and O–H groups in total. The summed E-state index contributed by atoms with van der Waals surface area (Å²) in [6.07, 6.45) is 10.0. The van der Waals surface area contributed by atoms with Gasteiger partial charge in [-0.05, 0) is 31.7 Å². The van der Waals surface area contributed by atoms with Crippen molar-refractivity contribution in [2.45, 2.75) is 32.3 Å². The third kappa shape index (κ3) is 4.67. The number of anilines is 1. The Labute approximate surface area is 191 Å². The summed E-state index contributed by atoms with van der Waals surface area (Å²) in [6.45, 7) is 0.0152. The van der Waals surface area contributed by atoms with Crippen molar-refractivity contribution < 1.29 is 14.4 Å². The van der Waals surface area contributed by atoms with Crippen LogP contribution in [0.1, 0.15) is 37.1 Å². The SMILES string of the molecule is Cn1cncc1-c1ccccc1C=NOCc1nccc(N(C(=O)C2CC2)C(=O)C2CC2)n1. The van der Waals surface area contributed by atoms with Crippen LogP contribution in [0, 0.1) is 11.8 Å². The number of benzene rings is 1. The number of nitrogens with zero attached hydrogens (tertiary/aromatic N) is 6. The van der Waals surface area contributed by atoms with Crippen LogP contribution in [0.3, 0.4) is 0 Å². The number of imidazole rings is 1. The summed E-state index contributed by atoms with van der Waals surface area (Å²) in [5.41, 5.74) is 2.83. The van der Waals surface area contributed by atoms with Crippen LogP contribution in [0.4, 0.5) is 5.82 Å². The number of carbonyl (C=O) groups is 2. The number of imide groups is 1. The highest BCUT2D eigenvalue weighted by Crippen LogP contribution is 2.37. The lowest BCUT2D eigenvalue weighted by molar-refractivity contribution is -0.127. The first-order chi connectivity index (χ1) is 16.1. The summed E-state index contributed by atoms with van der Waals surface area (Å²) in [5, 5.41) is 4.08. The largest absolute Gasteiger partial charge is 0.388 e. The number of rotatable bonds is 8. The van der Waals surface area contributed by atoms with E-state index in [1.165, 1.54) is 11.1 Å². The quantitative estimate of drug-likeness (QED) is 0.301. The molecule has 2 heterocycles. The van der Waals surface area contributed by atoms with Gasteiger partial charge in [0.05, 0.1) is 24.4 Å². The van der Waals surface area contributed by atoms with Crippen molar-refractivity contribution in [2.24, 2.45) is 24.0 Å². The average molecular weight is 444 g/mol. The number of oxime groups is 1. The first-order valence-electron chi connectivity index (χ1n) is 11.0. The van der Waals surface area contributed by atoms with E-state index in [9.17, 15) is 9.59 Å². The van der Waals surface area contributed by atoms with Crippen molar-refractivity contribution in [3.05, 3.63) is 60.4 Å². The molecular weight excluding hydrogens is 420 g/mol. The predicted molar refractivity (Wildman–Crippen MR) is 121 cm³/mol. The fraction of sp³-hybridized carbons (Fsp3) is 0.333. The van der Waals surface area contributed by atoms with Gasteiger partial charge in [0.1, 0.15) is 5.82 Å². The summed E-state index contributed by atoms with van der Waals surface area (Å²) in [4.78, 5) is 45.0. The Hall–Kier alpha value is -3.88. The summed E-state index contributed by atoms with van der Waals surface area (Å²) in [5.74, 6) is 0.173. The monoisotopic (exact) mass is 444 g/mol. The van der Waals surface area contributed by atoms with E-state index in [1.54, 1.807) is 24.8 Å². The molecule has 2 aromatic heterocycles. The minimum absolute atomic E-state index is 0.0152. The van der Waals surface area contributed by atoms with E-state index in [4.69, 9.17) is 4.84 Å². The number of hydrogen-bond acceptors (Lipinski definition) is 7. The van der Waals surface area contributed by atoms with Crippen LogP contribution < -0.4 is 4.90 Å². The van der Waals surface area contributed by atoms with Crippen LogP contribution in [-0.4, -0.2) is 37.5 Å². The molecule has 0 saturated heterocycles. The molecule has 33 heavy (non-hydrogen) atoms.